The van der Waals surface area contributed by atoms with E-state index >= 15 is 0 Å². The molecule has 2 atom stereocenters. The summed E-state index contributed by atoms with van der Waals surface area (Å²) in [5, 5.41) is 11.0. The fraction of sp³-hybridized carbons (Fsp3) is 0.583. The van der Waals surface area contributed by atoms with Gasteiger partial charge in [-0.15, -0.1) is 0 Å². The summed E-state index contributed by atoms with van der Waals surface area (Å²) >= 11 is 0. The predicted octanol–water partition coefficient (Wildman–Crippen LogP) is 1.50. The Balaban J connectivity index is 2.24. The smallest absolute Gasteiger partial charge is 0.331 e. The third-order valence-corrected chi connectivity index (χ3v) is 3.38. The molecule has 1 aliphatic carbocycles. The number of aromatic nitrogens is 1. The molecule has 0 amide bonds. The fourth-order valence-electron chi connectivity index (χ4n) is 2.33. The zero-order chi connectivity index (χ0) is 13.8. The highest BCUT2D eigenvalue weighted by Gasteiger charge is 2.30. The molecule has 1 fully saturated rings. The summed E-state index contributed by atoms with van der Waals surface area (Å²) < 4.78 is 10.7. The van der Waals surface area contributed by atoms with Crippen LogP contribution in [0.15, 0.2) is 12.1 Å². The minimum absolute atomic E-state index is 0.00898. The summed E-state index contributed by atoms with van der Waals surface area (Å²) in [6.07, 6.45) is 2.74. The molecule has 1 aromatic heterocycles. The molecule has 0 spiro atoms. The first-order chi connectivity index (χ1) is 9.15. The van der Waals surface area contributed by atoms with Crippen molar-refractivity contribution in [2.45, 2.75) is 25.4 Å². The van der Waals surface area contributed by atoms with Gasteiger partial charge >= 0.3 is 5.69 Å². The fourth-order valence-corrected chi connectivity index (χ4v) is 2.33. The van der Waals surface area contributed by atoms with Gasteiger partial charge in [-0.1, -0.05) is 0 Å². The van der Waals surface area contributed by atoms with Crippen LogP contribution in [0.4, 0.5) is 5.69 Å². The Hall–Kier alpha value is -1.89. The number of nitrogens with two attached hydrogens (primary N) is 1. The van der Waals surface area contributed by atoms with E-state index in [0.717, 1.165) is 19.3 Å². The van der Waals surface area contributed by atoms with E-state index in [1.165, 1.54) is 19.2 Å². The average Bonchev–Trinajstić information content (AvgIpc) is 2.85. The van der Waals surface area contributed by atoms with Crippen LogP contribution in [0.1, 0.15) is 19.3 Å². The molecule has 0 aromatic carbocycles. The molecular weight excluding hydrogens is 250 g/mol. The summed E-state index contributed by atoms with van der Waals surface area (Å²) in [5.41, 5.74) is 5.52. The van der Waals surface area contributed by atoms with Crippen molar-refractivity contribution in [3.05, 3.63) is 22.2 Å². The maximum absolute atomic E-state index is 11.0. The van der Waals surface area contributed by atoms with Crippen molar-refractivity contribution in [1.29, 1.82) is 0 Å². The van der Waals surface area contributed by atoms with Crippen LogP contribution in [-0.2, 0) is 0 Å². The van der Waals surface area contributed by atoms with Crippen molar-refractivity contribution in [3.63, 3.8) is 0 Å². The Morgan fingerprint density at radius 2 is 2.32 bits per heavy atom. The van der Waals surface area contributed by atoms with Crippen molar-refractivity contribution in [3.8, 4) is 11.8 Å². The minimum Gasteiger partial charge on any atom is -0.481 e. The molecule has 2 N–H and O–H groups in total. The molecule has 1 saturated carbocycles. The highest BCUT2D eigenvalue weighted by atomic mass is 16.6. The van der Waals surface area contributed by atoms with Gasteiger partial charge in [0, 0.05) is 18.1 Å². The highest BCUT2D eigenvalue weighted by molar-refractivity contribution is 5.43. The largest absolute Gasteiger partial charge is 0.481 e. The first kappa shape index (κ1) is 13.5. The molecule has 7 heteroatoms. The molecule has 1 aliphatic rings. The van der Waals surface area contributed by atoms with Crippen LogP contribution in [0, 0.1) is 16.0 Å². The summed E-state index contributed by atoms with van der Waals surface area (Å²) in [6.45, 7) is 0.516. The van der Waals surface area contributed by atoms with Gasteiger partial charge in [-0.2, -0.15) is 4.98 Å². The van der Waals surface area contributed by atoms with Gasteiger partial charge in [0.15, 0.2) is 0 Å². The van der Waals surface area contributed by atoms with E-state index in [2.05, 4.69) is 4.98 Å². The number of methoxy groups -OCH3 is 1. The van der Waals surface area contributed by atoms with Gasteiger partial charge in [-0.05, 0) is 25.8 Å². The van der Waals surface area contributed by atoms with E-state index in [4.69, 9.17) is 15.2 Å². The number of pyridine rings is 1. The lowest BCUT2D eigenvalue weighted by Gasteiger charge is -2.19. The molecule has 19 heavy (non-hydrogen) atoms. The Morgan fingerprint density at radius 1 is 1.53 bits per heavy atom. The summed E-state index contributed by atoms with van der Waals surface area (Å²) in [7, 11) is 1.45. The summed E-state index contributed by atoms with van der Waals surface area (Å²) in [6, 6.07) is 2.79. The lowest BCUT2D eigenvalue weighted by atomic mass is 10.1. The van der Waals surface area contributed by atoms with E-state index in [0.29, 0.717) is 12.4 Å². The topological polar surface area (TPSA) is 101 Å². The van der Waals surface area contributed by atoms with Crippen LogP contribution in [0.25, 0.3) is 0 Å². The monoisotopic (exact) mass is 267 g/mol. The maximum atomic E-state index is 11.0. The molecule has 0 radical (unpaired) electrons. The minimum atomic E-state index is -0.506. The van der Waals surface area contributed by atoms with E-state index in [-0.39, 0.29) is 23.6 Å². The van der Waals surface area contributed by atoms with Gasteiger partial charge in [0.25, 0.3) is 5.88 Å². The molecule has 2 rings (SSSR count). The van der Waals surface area contributed by atoms with E-state index in [9.17, 15) is 10.1 Å². The third-order valence-electron chi connectivity index (χ3n) is 3.38. The molecule has 0 saturated heterocycles. The number of ether oxygens (including phenoxy) is 2. The lowest BCUT2D eigenvalue weighted by Crippen LogP contribution is -2.28. The van der Waals surface area contributed by atoms with Gasteiger partial charge in [0.1, 0.15) is 6.10 Å². The van der Waals surface area contributed by atoms with Crippen LogP contribution in [0.2, 0.25) is 0 Å². The number of hydrogen-bond donors (Lipinski definition) is 1. The van der Waals surface area contributed by atoms with Crippen molar-refractivity contribution in [1.82, 2.24) is 4.98 Å². The second kappa shape index (κ2) is 5.83. The number of hydrogen-bond acceptors (Lipinski definition) is 6. The van der Waals surface area contributed by atoms with Gasteiger partial charge in [-0.3, -0.25) is 10.1 Å². The van der Waals surface area contributed by atoms with Crippen LogP contribution in [0.5, 0.6) is 11.8 Å². The van der Waals surface area contributed by atoms with Crippen LogP contribution in [-0.4, -0.2) is 29.7 Å². The van der Waals surface area contributed by atoms with E-state index in [1.807, 2.05) is 0 Å². The number of nitrogens with zero attached hydrogens (tertiary/aromatic N) is 2. The molecule has 0 aliphatic heterocycles. The zero-order valence-corrected chi connectivity index (χ0v) is 10.7. The van der Waals surface area contributed by atoms with E-state index in [1.54, 1.807) is 0 Å². The van der Waals surface area contributed by atoms with Gasteiger partial charge in [0.2, 0.25) is 5.88 Å². The average molecular weight is 267 g/mol. The molecular formula is C12H17N3O4. The maximum Gasteiger partial charge on any atom is 0.331 e. The molecule has 1 heterocycles. The lowest BCUT2D eigenvalue weighted by molar-refractivity contribution is -0.386. The van der Waals surface area contributed by atoms with Gasteiger partial charge in [-0.25, -0.2) is 0 Å². The van der Waals surface area contributed by atoms with Crippen molar-refractivity contribution >= 4 is 5.69 Å². The highest BCUT2D eigenvalue weighted by Crippen LogP contribution is 2.33. The standard InChI is InChI=1S/C12H17N3O4/c1-18-11-6-5-9(15(16)17)12(14-11)19-10-4-2-3-8(10)7-13/h5-6,8,10H,2-4,7,13H2,1H3. The third kappa shape index (κ3) is 2.93. The zero-order valence-electron chi connectivity index (χ0n) is 10.7. The van der Waals surface area contributed by atoms with Crippen LogP contribution in [0.3, 0.4) is 0 Å². The Kier molecular flexibility index (Phi) is 4.16. The molecule has 7 nitrogen and oxygen atoms in total. The first-order valence-electron chi connectivity index (χ1n) is 6.22. The molecule has 2 unspecified atom stereocenters. The molecule has 1 aromatic rings. The second-order valence-corrected chi connectivity index (χ2v) is 4.52. The van der Waals surface area contributed by atoms with Crippen LogP contribution >= 0.6 is 0 Å². The van der Waals surface area contributed by atoms with Gasteiger partial charge in [0.05, 0.1) is 12.0 Å². The molecule has 104 valence electrons. The normalized spacial score (nSPS) is 22.2. The SMILES string of the molecule is COc1ccc([N+](=O)[O-])c(OC2CCCC2CN)n1. The van der Waals surface area contributed by atoms with Gasteiger partial charge < -0.3 is 15.2 Å². The second-order valence-electron chi connectivity index (χ2n) is 4.52. The Bertz CT molecular complexity index is 466. The Labute approximate surface area is 110 Å². The van der Waals surface area contributed by atoms with Crippen LogP contribution < -0.4 is 15.2 Å². The van der Waals surface area contributed by atoms with Crippen molar-refractivity contribution in [2.24, 2.45) is 11.7 Å². The van der Waals surface area contributed by atoms with E-state index < -0.39 is 4.92 Å². The van der Waals surface area contributed by atoms with Crippen molar-refractivity contribution in [2.75, 3.05) is 13.7 Å². The Morgan fingerprint density at radius 3 is 2.95 bits per heavy atom. The predicted molar refractivity (Wildman–Crippen MR) is 68.3 cm³/mol. The number of rotatable bonds is 5. The van der Waals surface area contributed by atoms with Crippen molar-refractivity contribution < 1.29 is 14.4 Å². The quantitative estimate of drug-likeness (QED) is 0.641. The molecule has 0 bridgehead atoms. The first-order valence-corrected chi connectivity index (χ1v) is 6.22. The summed E-state index contributed by atoms with van der Waals surface area (Å²) in [4.78, 5) is 14.5. The summed E-state index contributed by atoms with van der Waals surface area (Å²) in [5.74, 6) is 0.533. The number of nitro groups is 1.